The Morgan fingerprint density at radius 2 is 2.06 bits per heavy atom. The molecule has 176 valence electrons. The van der Waals surface area contributed by atoms with Crippen molar-refractivity contribution in [2.24, 2.45) is 4.99 Å². The quantitative estimate of drug-likeness (QED) is 0.502. The van der Waals surface area contributed by atoms with Crippen molar-refractivity contribution in [3.8, 4) is 5.75 Å². The van der Waals surface area contributed by atoms with E-state index in [1.54, 1.807) is 18.3 Å². The summed E-state index contributed by atoms with van der Waals surface area (Å²) in [5.74, 6) is -0.0460. The van der Waals surface area contributed by atoms with Gasteiger partial charge in [-0.2, -0.15) is 18.3 Å². The molecule has 1 aliphatic heterocycles. The fraction of sp³-hybridized carbons (Fsp3) is 0.292. The van der Waals surface area contributed by atoms with Gasteiger partial charge in [0.2, 0.25) is 0 Å². The first-order chi connectivity index (χ1) is 16.1. The van der Waals surface area contributed by atoms with Crippen LogP contribution in [0.1, 0.15) is 36.5 Å². The van der Waals surface area contributed by atoms with Gasteiger partial charge in [0, 0.05) is 5.39 Å². The zero-order chi connectivity index (χ0) is 24.1. The van der Waals surface area contributed by atoms with Crippen LogP contribution in [0.4, 0.5) is 13.2 Å². The molecule has 2 heterocycles. The summed E-state index contributed by atoms with van der Waals surface area (Å²) < 4.78 is 47.2. The number of amidine groups is 1. The second-order valence-corrected chi connectivity index (χ2v) is 9.65. The highest BCUT2D eigenvalue weighted by atomic mass is 32.2. The van der Waals surface area contributed by atoms with Gasteiger partial charge in [-0.3, -0.25) is 14.5 Å². The Hall–Kier alpha value is -3.27. The van der Waals surface area contributed by atoms with Crippen molar-refractivity contribution in [3.05, 3.63) is 64.2 Å². The predicted octanol–water partition coefficient (Wildman–Crippen LogP) is 5.22. The SMILES string of the molecule is COc1ccc(Cn2ncc3cc(/C=C4\SC(=NC5(C)CC5)NC4=O)ccc32)c(C(F)(F)F)c1. The summed E-state index contributed by atoms with van der Waals surface area (Å²) in [6, 6.07) is 9.38. The molecule has 1 saturated carbocycles. The van der Waals surface area contributed by atoms with Gasteiger partial charge in [0.25, 0.3) is 5.91 Å². The second kappa shape index (κ2) is 8.19. The number of rotatable bonds is 5. The molecule has 0 bridgehead atoms. The van der Waals surface area contributed by atoms with Crippen molar-refractivity contribution in [1.29, 1.82) is 0 Å². The Morgan fingerprint density at radius 3 is 2.76 bits per heavy atom. The minimum Gasteiger partial charge on any atom is -0.497 e. The Kier molecular flexibility index (Phi) is 5.43. The number of carbonyl (C=O) groups excluding carboxylic acids is 1. The van der Waals surface area contributed by atoms with E-state index in [-0.39, 0.29) is 29.3 Å². The lowest BCUT2D eigenvalue weighted by molar-refractivity contribution is -0.138. The minimum absolute atomic E-state index is 0.0420. The van der Waals surface area contributed by atoms with E-state index in [2.05, 4.69) is 22.3 Å². The number of ether oxygens (including phenoxy) is 1. The summed E-state index contributed by atoms with van der Waals surface area (Å²) in [4.78, 5) is 17.5. The average Bonchev–Trinajstić information content (AvgIpc) is 3.22. The largest absolute Gasteiger partial charge is 0.497 e. The third kappa shape index (κ3) is 4.54. The monoisotopic (exact) mass is 486 g/mol. The number of amides is 1. The highest BCUT2D eigenvalue weighted by Crippen LogP contribution is 2.41. The van der Waals surface area contributed by atoms with Crippen LogP contribution < -0.4 is 10.1 Å². The molecule has 1 aliphatic carbocycles. The second-order valence-electron chi connectivity index (χ2n) is 8.62. The van der Waals surface area contributed by atoms with Crippen LogP contribution in [0.25, 0.3) is 17.0 Å². The molecule has 1 amide bonds. The molecule has 1 N–H and O–H groups in total. The van der Waals surface area contributed by atoms with Crippen LogP contribution >= 0.6 is 11.8 Å². The third-order valence-electron chi connectivity index (χ3n) is 5.90. The lowest BCUT2D eigenvalue weighted by Gasteiger charge is -2.14. The number of aliphatic imine (C=N–C) groups is 1. The van der Waals surface area contributed by atoms with E-state index in [0.29, 0.717) is 15.6 Å². The maximum Gasteiger partial charge on any atom is 0.416 e. The number of aromatic nitrogens is 2. The smallest absolute Gasteiger partial charge is 0.416 e. The molecule has 0 atom stereocenters. The zero-order valence-electron chi connectivity index (χ0n) is 18.4. The van der Waals surface area contributed by atoms with Crippen molar-refractivity contribution >= 4 is 39.8 Å². The maximum atomic E-state index is 13.6. The van der Waals surface area contributed by atoms with Crippen LogP contribution in [0, 0.1) is 0 Å². The highest BCUT2D eigenvalue weighted by Gasteiger charge is 2.39. The molecule has 1 saturated heterocycles. The molecule has 0 spiro atoms. The van der Waals surface area contributed by atoms with E-state index in [1.807, 2.05) is 12.1 Å². The zero-order valence-corrected chi connectivity index (χ0v) is 19.3. The summed E-state index contributed by atoms with van der Waals surface area (Å²) in [5.41, 5.74) is 0.773. The molecule has 6 nitrogen and oxygen atoms in total. The normalized spacial score (nSPS) is 19.7. The number of nitrogens with one attached hydrogen (secondary N) is 1. The Labute approximate surface area is 197 Å². The van der Waals surface area contributed by atoms with E-state index in [9.17, 15) is 18.0 Å². The number of halogens is 3. The fourth-order valence-electron chi connectivity index (χ4n) is 3.74. The van der Waals surface area contributed by atoms with E-state index < -0.39 is 11.7 Å². The van der Waals surface area contributed by atoms with Gasteiger partial charge in [-0.25, -0.2) is 0 Å². The van der Waals surface area contributed by atoms with Crippen molar-refractivity contribution in [3.63, 3.8) is 0 Å². The van der Waals surface area contributed by atoms with Crippen LogP contribution in [0.5, 0.6) is 5.75 Å². The standard InChI is InChI=1S/C24H21F3N4O2S/c1-23(7-8-23)30-22-29-21(32)20(34-22)10-14-3-6-19-16(9-14)12-28-31(19)13-15-4-5-17(33-2)11-18(15)24(25,26)27/h3-6,9-12H,7-8,13H2,1-2H3,(H,29,30,32)/b20-10-. The van der Waals surface area contributed by atoms with Crippen molar-refractivity contribution in [2.75, 3.05) is 7.11 Å². The first-order valence-corrected chi connectivity index (χ1v) is 11.5. The van der Waals surface area contributed by atoms with Gasteiger partial charge in [-0.15, -0.1) is 0 Å². The number of benzene rings is 2. The molecule has 10 heteroatoms. The molecular formula is C24H21F3N4O2S. The lowest BCUT2D eigenvalue weighted by atomic mass is 10.1. The molecule has 2 fully saturated rings. The topological polar surface area (TPSA) is 68.5 Å². The van der Waals surface area contributed by atoms with Gasteiger partial charge in [-0.1, -0.05) is 12.1 Å². The summed E-state index contributed by atoms with van der Waals surface area (Å²) in [7, 11) is 1.33. The van der Waals surface area contributed by atoms with Crippen molar-refractivity contribution in [2.45, 2.75) is 38.0 Å². The fourth-order valence-corrected chi connectivity index (χ4v) is 4.69. The number of hydrogen-bond donors (Lipinski definition) is 1. The van der Waals surface area contributed by atoms with Gasteiger partial charge in [-0.05, 0) is 73.0 Å². The highest BCUT2D eigenvalue weighted by molar-refractivity contribution is 8.18. The van der Waals surface area contributed by atoms with E-state index in [4.69, 9.17) is 4.74 Å². The number of alkyl halides is 3. The number of nitrogens with zero attached hydrogens (tertiary/aromatic N) is 3. The first kappa shape index (κ1) is 22.5. The molecule has 34 heavy (non-hydrogen) atoms. The van der Waals surface area contributed by atoms with Crippen molar-refractivity contribution < 1.29 is 22.7 Å². The van der Waals surface area contributed by atoms with E-state index in [1.165, 1.54) is 35.7 Å². The molecule has 0 unspecified atom stereocenters. The Bertz CT molecular complexity index is 1360. The van der Waals surface area contributed by atoms with Crippen LogP contribution in [0.3, 0.4) is 0 Å². The van der Waals surface area contributed by atoms with Crippen LogP contribution in [0.15, 0.2) is 52.5 Å². The number of methoxy groups -OCH3 is 1. The summed E-state index contributed by atoms with van der Waals surface area (Å²) in [6.07, 6.45) is 0.919. The maximum absolute atomic E-state index is 13.6. The van der Waals surface area contributed by atoms with Gasteiger partial charge >= 0.3 is 6.18 Å². The predicted molar refractivity (Wildman–Crippen MR) is 126 cm³/mol. The van der Waals surface area contributed by atoms with Gasteiger partial charge < -0.3 is 10.1 Å². The number of thioether (sulfide) groups is 1. The average molecular weight is 487 g/mol. The van der Waals surface area contributed by atoms with E-state index in [0.717, 1.165) is 29.9 Å². The third-order valence-corrected chi connectivity index (χ3v) is 6.81. The Morgan fingerprint density at radius 1 is 1.26 bits per heavy atom. The summed E-state index contributed by atoms with van der Waals surface area (Å²) in [5, 5.41) is 8.48. The molecule has 0 radical (unpaired) electrons. The van der Waals surface area contributed by atoms with Crippen molar-refractivity contribution in [1.82, 2.24) is 15.1 Å². The number of carbonyl (C=O) groups is 1. The van der Waals surface area contributed by atoms with Crippen LogP contribution in [-0.2, 0) is 17.5 Å². The van der Waals surface area contributed by atoms with Crippen LogP contribution in [0.2, 0.25) is 0 Å². The number of hydrogen-bond acceptors (Lipinski definition) is 5. The van der Waals surface area contributed by atoms with Gasteiger partial charge in [0.05, 0.1) is 41.4 Å². The summed E-state index contributed by atoms with van der Waals surface area (Å²) >= 11 is 1.31. The molecule has 2 aliphatic rings. The summed E-state index contributed by atoms with van der Waals surface area (Å²) in [6.45, 7) is 2.02. The first-order valence-electron chi connectivity index (χ1n) is 10.6. The van der Waals surface area contributed by atoms with E-state index >= 15 is 0 Å². The molecule has 5 rings (SSSR count). The molecule has 3 aromatic rings. The minimum atomic E-state index is -4.51. The van der Waals surface area contributed by atoms with Crippen LogP contribution in [-0.4, -0.2) is 33.5 Å². The lowest BCUT2D eigenvalue weighted by Crippen LogP contribution is -2.21. The Balaban J connectivity index is 1.41. The molecular weight excluding hydrogens is 465 g/mol. The van der Waals surface area contributed by atoms with Gasteiger partial charge in [0.15, 0.2) is 5.17 Å². The number of fused-ring (bicyclic) bond motifs is 1. The molecule has 2 aromatic carbocycles. The molecule has 1 aromatic heterocycles. The van der Waals surface area contributed by atoms with Gasteiger partial charge in [0.1, 0.15) is 5.75 Å².